The van der Waals surface area contributed by atoms with Crippen molar-refractivity contribution in [3.05, 3.63) is 71.3 Å². The lowest BCUT2D eigenvalue weighted by atomic mass is 10.1. The van der Waals surface area contributed by atoms with Crippen LogP contribution in [0.3, 0.4) is 0 Å². The monoisotopic (exact) mass is 255 g/mol. The van der Waals surface area contributed by atoms with E-state index in [0.29, 0.717) is 6.54 Å². The van der Waals surface area contributed by atoms with Crippen molar-refractivity contribution in [3.63, 3.8) is 0 Å². The number of hydrogen-bond acceptors (Lipinski definition) is 2. The first-order chi connectivity index (χ1) is 9.27. The van der Waals surface area contributed by atoms with E-state index in [1.54, 1.807) is 0 Å². The fourth-order valence-electron chi connectivity index (χ4n) is 2.15. The second-order valence-electron chi connectivity index (χ2n) is 4.81. The smallest absolute Gasteiger partial charge is 0.0914 e. The first-order valence-electron chi connectivity index (χ1n) is 6.75. The summed E-state index contributed by atoms with van der Waals surface area (Å²) in [4.78, 5) is 0. The van der Waals surface area contributed by atoms with Crippen LogP contribution >= 0.6 is 0 Å². The topological polar surface area (TPSA) is 32.3 Å². The molecule has 2 rings (SSSR count). The molecular weight excluding hydrogens is 234 g/mol. The molecule has 19 heavy (non-hydrogen) atoms. The minimum absolute atomic E-state index is 0.432. The Labute approximate surface area is 115 Å². The molecule has 0 aliphatic carbocycles. The highest BCUT2D eigenvalue weighted by molar-refractivity contribution is 5.25. The van der Waals surface area contributed by atoms with E-state index >= 15 is 0 Å². The molecule has 0 radical (unpaired) electrons. The van der Waals surface area contributed by atoms with Crippen molar-refractivity contribution in [2.75, 3.05) is 13.1 Å². The lowest BCUT2D eigenvalue weighted by Crippen LogP contribution is -2.23. The quantitative estimate of drug-likeness (QED) is 0.778. The van der Waals surface area contributed by atoms with Crippen molar-refractivity contribution in [2.24, 2.45) is 0 Å². The summed E-state index contributed by atoms with van der Waals surface area (Å²) in [6, 6.07) is 18.2. The maximum absolute atomic E-state index is 10.0. The van der Waals surface area contributed by atoms with E-state index in [1.165, 1.54) is 11.1 Å². The molecule has 0 aromatic heterocycles. The van der Waals surface area contributed by atoms with Crippen LogP contribution in [0.4, 0.5) is 0 Å². The summed E-state index contributed by atoms with van der Waals surface area (Å²) in [7, 11) is 0. The third-order valence-corrected chi connectivity index (χ3v) is 3.35. The molecule has 0 aliphatic rings. The second kappa shape index (κ2) is 7.07. The lowest BCUT2D eigenvalue weighted by Gasteiger charge is -2.12. The Bertz CT molecular complexity index is 496. The van der Waals surface area contributed by atoms with Crippen molar-refractivity contribution >= 4 is 0 Å². The number of benzene rings is 2. The van der Waals surface area contributed by atoms with Crippen LogP contribution in [-0.4, -0.2) is 18.2 Å². The number of rotatable bonds is 6. The lowest BCUT2D eigenvalue weighted by molar-refractivity contribution is 0.175. The fourth-order valence-corrected chi connectivity index (χ4v) is 2.15. The second-order valence-corrected chi connectivity index (χ2v) is 4.81. The zero-order chi connectivity index (χ0) is 13.5. The zero-order valence-corrected chi connectivity index (χ0v) is 11.3. The largest absolute Gasteiger partial charge is 0.387 e. The van der Waals surface area contributed by atoms with Crippen LogP contribution in [0.25, 0.3) is 0 Å². The average molecular weight is 255 g/mol. The van der Waals surface area contributed by atoms with Gasteiger partial charge >= 0.3 is 0 Å². The molecule has 100 valence electrons. The van der Waals surface area contributed by atoms with Crippen molar-refractivity contribution < 1.29 is 5.11 Å². The summed E-state index contributed by atoms with van der Waals surface area (Å²) in [6.07, 6.45) is 0.562. The summed E-state index contributed by atoms with van der Waals surface area (Å²) < 4.78 is 0. The maximum atomic E-state index is 10.0. The van der Waals surface area contributed by atoms with E-state index in [0.717, 1.165) is 18.5 Å². The van der Waals surface area contributed by atoms with Crippen molar-refractivity contribution in [1.82, 2.24) is 5.32 Å². The Morgan fingerprint density at radius 1 is 1.00 bits per heavy atom. The third kappa shape index (κ3) is 4.19. The summed E-state index contributed by atoms with van der Waals surface area (Å²) in [5.74, 6) is 0. The molecule has 0 spiro atoms. The van der Waals surface area contributed by atoms with Gasteiger partial charge in [-0.1, -0.05) is 54.6 Å². The van der Waals surface area contributed by atoms with Gasteiger partial charge in [0.2, 0.25) is 0 Å². The van der Waals surface area contributed by atoms with Crippen LogP contribution in [0.2, 0.25) is 0 Å². The van der Waals surface area contributed by atoms with Gasteiger partial charge in [-0.2, -0.15) is 0 Å². The molecule has 0 aliphatic heterocycles. The van der Waals surface area contributed by atoms with Gasteiger partial charge in [-0.25, -0.2) is 0 Å². The molecule has 2 aromatic rings. The number of aliphatic hydroxyl groups is 1. The van der Waals surface area contributed by atoms with E-state index in [9.17, 15) is 5.11 Å². The van der Waals surface area contributed by atoms with Crippen molar-refractivity contribution in [1.29, 1.82) is 0 Å². The van der Waals surface area contributed by atoms with E-state index < -0.39 is 6.10 Å². The summed E-state index contributed by atoms with van der Waals surface area (Å²) in [5, 5.41) is 13.3. The Kier molecular flexibility index (Phi) is 5.13. The first-order valence-corrected chi connectivity index (χ1v) is 6.75. The van der Waals surface area contributed by atoms with Crippen molar-refractivity contribution in [2.45, 2.75) is 19.4 Å². The highest BCUT2D eigenvalue weighted by Gasteiger charge is 2.05. The molecule has 0 amide bonds. The van der Waals surface area contributed by atoms with Crippen LogP contribution in [0.15, 0.2) is 54.6 Å². The van der Waals surface area contributed by atoms with Crippen LogP contribution in [0.5, 0.6) is 0 Å². The Balaban J connectivity index is 1.74. The van der Waals surface area contributed by atoms with Crippen LogP contribution in [0.1, 0.15) is 22.8 Å². The number of hydrogen-bond donors (Lipinski definition) is 2. The van der Waals surface area contributed by atoms with Gasteiger partial charge in [0.15, 0.2) is 0 Å². The van der Waals surface area contributed by atoms with Gasteiger partial charge in [0.25, 0.3) is 0 Å². The van der Waals surface area contributed by atoms with Crippen LogP contribution in [0, 0.1) is 6.92 Å². The van der Waals surface area contributed by atoms with Crippen molar-refractivity contribution in [3.8, 4) is 0 Å². The molecule has 2 nitrogen and oxygen atoms in total. The zero-order valence-electron chi connectivity index (χ0n) is 11.3. The Hall–Kier alpha value is -1.64. The van der Waals surface area contributed by atoms with Gasteiger partial charge in [0.1, 0.15) is 0 Å². The fraction of sp³-hybridized carbons (Fsp3) is 0.294. The van der Waals surface area contributed by atoms with Gasteiger partial charge in [0, 0.05) is 6.54 Å². The molecule has 0 fully saturated rings. The predicted molar refractivity (Wildman–Crippen MR) is 79.2 cm³/mol. The van der Waals surface area contributed by atoms with Gasteiger partial charge in [-0.3, -0.25) is 0 Å². The summed E-state index contributed by atoms with van der Waals surface area (Å²) in [6.45, 7) is 3.61. The molecule has 0 saturated heterocycles. The molecule has 2 N–H and O–H groups in total. The molecule has 1 atom stereocenters. The molecule has 0 heterocycles. The van der Waals surface area contributed by atoms with Crippen LogP contribution < -0.4 is 5.32 Å². The summed E-state index contributed by atoms with van der Waals surface area (Å²) in [5.41, 5.74) is 3.66. The standard InChI is InChI=1S/C17H21NO/c1-14-7-5-6-8-15(14)11-12-18-13-17(19)16-9-3-2-4-10-16/h2-10,17-19H,11-13H2,1H3. The van der Waals surface area contributed by atoms with Gasteiger partial charge in [0.05, 0.1) is 6.10 Å². The molecule has 1 unspecified atom stereocenters. The normalized spacial score (nSPS) is 12.3. The molecule has 2 heteroatoms. The maximum Gasteiger partial charge on any atom is 0.0914 e. The van der Waals surface area contributed by atoms with Gasteiger partial charge in [-0.15, -0.1) is 0 Å². The van der Waals surface area contributed by atoms with E-state index in [-0.39, 0.29) is 0 Å². The molecule has 2 aromatic carbocycles. The molecule has 0 saturated carbocycles. The Morgan fingerprint density at radius 2 is 1.68 bits per heavy atom. The SMILES string of the molecule is Cc1ccccc1CCNCC(O)c1ccccc1. The first kappa shape index (κ1) is 13.8. The molecule has 0 bridgehead atoms. The number of aryl methyl sites for hydroxylation is 1. The third-order valence-electron chi connectivity index (χ3n) is 3.35. The van der Waals surface area contributed by atoms with Gasteiger partial charge < -0.3 is 10.4 Å². The predicted octanol–water partition coefficient (Wildman–Crippen LogP) is 2.86. The summed E-state index contributed by atoms with van der Waals surface area (Å²) >= 11 is 0. The highest BCUT2D eigenvalue weighted by Crippen LogP contribution is 2.11. The minimum Gasteiger partial charge on any atom is -0.387 e. The van der Waals surface area contributed by atoms with E-state index in [4.69, 9.17) is 0 Å². The van der Waals surface area contributed by atoms with E-state index in [2.05, 4.69) is 36.5 Å². The Morgan fingerprint density at radius 3 is 2.42 bits per heavy atom. The van der Waals surface area contributed by atoms with Crippen LogP contribution in [-0.2, 0) is 6.42 Å². The van der Waals surface area contributed by atoms with E-state index in [1.807, 2.05) is 30.3 Å². The minimum atomic E-state index is -0.432. The average Bonchev–Trinajstić information content (AvgIpc) is 2.46. The number of aliphatic hydroxyl groups excluding tert-OH is 1. The number of nitrogens with one attached hydrogen (secondary N) is 1. The van der Waals surface area contributed by atoms with Gasteiger partial charge in [-0.05, 0) is 36.6 Å². The molecular formula is C17H21NO. The highest BCUT2D eigenvalue weighted by atomic mass is 16.3.